The maximum Gasteiger partial charge on any atom is 0.159 e. The van der Waals surface area contributed by atoms with Crippen molar-refractivity contribution in [2.75, 3.05) is 0 Å². The second kappa shape index (κ2) is 11.9. The molecule has 9 aromatic rings. The van der Waals surface area contributed by atoms with E-state index in [1.807, 2.05) is 0 Å². The van der Waals surface area contributed by atoms with Crippen LogP contribution in [0.1, 0.15) is 0 Å². The van der Waals surface area contributed by atoms with Crippen LogP contribution in [-0.4, -0.2) is 22.6 Å². The van der Waals surface area contributed by atoms with Gasteiger partial charge in [-0.1, -0.05) is 153 Å². The molecule has 52 heavy (non-hydrogen) atoms. The third-order valence-electron chi connectivity index (χ3n) is 10.8. The summed E-state index contributed by atoms with van der Waals surface area (Å²) in [5, 5.41) is 5.16. The first-order valence-electron chi connectivity index (χ1n) is 17.9. The van der Waals surface area contributed by atoms with Crippen LogP contribution in [0.5, 0.6) is 0 Å². The zero-order valence-corrected chi connectivity index (χ0v) is 30.1. The number of para-hydroxylation sites is 2. The van der Waals surface area contributed by atoms with Crippen LogP contribution < -0.4 is 10.5 Å². The molecule has 0 bridgehead atoms. The lowest BCUT2D eigenvalue weighted by atomic mass is 9.95. The molecule has 0 unspecified atom stereocenters. The largest absolute Gasteiger partial charge is 0.309 e. The summed E-state index contributed by atoms with van der Waals surface area (Å²) in [5.41, 5.74) is 13.9. The van der Waals surface area contributed by atoms with Gasteiger partial charge >= 0.3 is 0 Å². The first-order valence-corrected chi connectivity index (χ1v) is 20.9. The van der Waals surface area contributed by atoms with Crippen molar-refractivity contribution < 1.29 is 0 Å². The van der Waals surface area contributed by atoms with Crippen LogP contribution in [0.3, 0.4) is 0 Å². The van der Waals surface area contributed by atoms with Crippen molar-refractivity contribution >= 4 is 40.4 Å². The first-order chi connectivity index (χ1) is 25.6. The predicted octanol–water partition coefficient (Wildman–Crippen LogP) is 11.0. The van der Waals surface area contributed by atoms with E-state index in [1.54, 1.807) is 0 Å². The molecule has 0 saturated carbocycles. The summed E-state index contributed by atoms with van der Waals surface area (Å²) >= 11 is 0. The molecular weight excluding hydrogens is 647 g/mol. The molecule has 0 aliphatic carbocycles. The van der Waals surface area contributed by atoms with Crippen LogP contribution in [0.15, 0.2) is 176 Å². The Kier molecular flexibility index (Phi) is 6.95. The molecule has 0 saturated heterocycles. The average molecular weight is 682 g/mol. The van der Waals surface area contributed by atoms with E-state index >= 15 is 0 Å². The highest BCUT2D eigenvalue weighted by molar-refractivity contribution is 7.03. The molecular formula is C48H35N3Si. The molecule has 246 valence electrons. The minimum atomic E-state index is -2.05. The van der Waals surface area contributed by atoms with Gasteiger partial charge in [0.05, 0.1) is 16.7 Å². The second-order valence-electron chi connectivity index (χ2n) is 14.2. The lowest BCUT2D eigenvalue weighted by Gasteiger charge is -2.19. The van der Waals surface area contributed by atoms with E-state index in [-0.39, 0.29) is 0 Å². The molecule has 10 rings (SSSR count). The number of fused-ring (bicyclic) bond motifs is 6. The molecule has 3 nitrogen and oxygen atoms in total. The van der Waals surface area contributed by atoms with Gasteiger partial charge in [-0.25, -0.2) is 9.97 Å². The van der Waals surface area contributed by atoms with Crippen LogP contribution in [-0.2, 0) is 0 Å². The maximum absolute atomic E-state index is 5.42. The normalized spacial score (nSPS) is 13.0. The highest BCUT2D eigenvalue weighted by Crippen LogP contribution is 2.40. The summed E-state index contributed by atoms with van der Waals surface area (Å²) in [4.78, 5) is 10.8. The van der Waals surface area contributed by atoms with Crippen molar-refractivity contribution in [1.82, 2.24) is 14.5 Å². The van der Waals surface area contributed by atoms with Gasteiger partial charge in [0.1, 0.15) is 8.07 Å². The van der Waals surface area contributed by atoms with Gasteiger partial charge in [-0.15, -0.1) is 0 Å². The van der Waals surface area contributed by atoms with Crippen molar-refractivity contribution in [3.05, 3.63) is 176 Å². The fourth-order valence-electron chi connectivity index (χ4n) is 8.30. The lowest BCUT2D eigenvalue weighted by Crippen LogP contribution is -2.50. The third kappa shape index (κ3) is 4.72. The Bertz CT molecular complexity index is 2820. The van der Waals surface area contributed by atoms with Crippen molar-refractivity contribution in [3.63, 3.8) is 0 Å². The monoisotopic (exact) mass is 681 g/mol. The standard InChI is InChI=1S/C48H35N3Si/c1-52(2)43-29-12-10-25-40(43)45-46(32-16-5-3-6-17-32)49-47(50-48(45)52)36-21-14-19-34(31-36)33-18-13-20-35(30-33)38-26-15-28-42-44(38)39-24-9-11-27-41(39)51(42)37-22-7-4-8-23-37/h3-31H,1-2H3. The van der Waals surface area contributed by atoms with Crippen LogP contribution in [0.25, 0.3) is 83.5 Å². The van der Waals surface area contributed by atoms with Crippen molar-refractivity contribution in [2.45, 2.75) is 13.1 Å². The molecule has 0 fully saturated rings. The smallest absolute Gasteiger partial charge is 0.159 e. The van der Waals surface area contributed by atoms with Gasteiger partial charge in [-0.3, -0.25) is 0 Å². The molecule has 1 aliphatic heterocycles. The van der Waals surface area contributed by atoms with Gasteiger partial charge in [0.25, 0.3) is 0 Å². The minimum Gasteiger partial charge on any atom is -0.309 e. The van der Waals surface area contributed by atoms with Crippen LogP contribution in [0.4, 0.5) is 0 Å². The summed E-state index contributed by atoms with van der Waals surface area (Å²) < 4.78 is 2.38. The molecule has 3 heterocycles. The van der Waals surface area contributed by atoms with E-state index in [0.29, 0.717) is 0 Å². The van der Waals surface area contributed by atoms with Crippen LogP contribution >= 0.6 is 0 Å². The fraction of sp³-hybridized carbons (Fsp3) is 0.0417. The van der Waals surface area contributed by atoms with E-state index in [1.165, 1.54) is 54.6 Å². The average Bonchev–Trinajstić information content (AvgIpc) is 3.67. The number of nitrogens with zero attached hydrogens (tertiary/aromatic N) is 3. The minimum absolute atomic E-state index is 0.780. The Morgan fingerprint density at radius 1 is 0.462 bits per heavy atom. The van der Waals surface area contributed by atoms with E-state index in [2.05, 4.69) is 194 Å². The van der Waals surface area contributed by atoms with Crippen molar-refractivity contribution in [3.8, 4) is 61.7 Å². The van der Waals surface area contributed by atoms with E-state index in [4.69, 9.17) is 9.97 Å². The molecule has 2 aromatic heterocycles. The summed E-state index contributed by atoms with van der Waals surface area (Å²) in [6.45, 7) is 4.84. The molecule has 1 aliphatic rings. The third-order valence-corrected chi connectivity index (χ3v) is 14.1. The SMILES string of the molecule is C[Si]1(C)c2ccccc2-c2c(-c3ccccc3)nc(-c3cccc(-c4cccc(-c5cccc6c5c5ccccc5n6-c5ccccc5)c4)c3)nc21. The lowest BCUT2D eigenvalue weighted by molar-refractivity contribution is 1.18. The first kappa shape index (κ1) is 30.5. The second-order valence-corrected chi connectivity index (χ2v) is 18.5. The molecule has 4 heteroatoms. The van der Waals surface area contributed by atoms with Gasteiger partial charge in [0.15, 0.2) is 5.82 Å². The number of hydrogen-bond acceptors (Lipinski definition) is 2. The number of benzene rings is 7. The Hall–Kier alpha value is -6.36. The predicted molar refractivity (Wildman–Crippen MR) is 220 cm³/mol. The Morgan fingerprint density at radius 2 is 1.04 bits per heavy atom. The molecule has 0 radical (unpaired) electrons. The van der Waals surface area contributed by atoms with Crippen LogP contribution in [0.2, 0.25) is 13.1 Å². The number of hydrogen-bond donors (Lipinski definition) is 0. The summed E-state index contributed by atoms with van der Waals surface area (Å²) in [7, 11) is -2.05. The molecule has 7 aromatic carbocycles. The fourth-order valence-corrected chi connectivity index (χ4v) is 11.2. The highest BCUT2D eigenvalue weighted by Gasteiger charge is 2.41. The van der Waals surface area contributed by atoms with Crippen LogP contribution in [0, 0.1) is 0 Å². The van der Waals surface area contributed by atoms with Crippen molar-refractivity contribution in [1.29, 1.82) is 0 Å². The topological polar surface area (TPSA) is 30.7 Å². The summed E-state index contributed by atoms with van der Waals surface area (Å²) in [6.07, 6.45) is 0. The zero-order valence-electron chi connectivity index (χ0n) is 29.1. The van der Waals surface area contributed by atoms with Gasteiger partial charge in [0.2, 0.25) is 0 Å². The van der Waals surface area contributed by atoms with Crippen molar-refractivity contribution in [2.24, 2.45) is 0 Å². The van der Waals surface area contributed by atoms with E-state index < -0.39 is 8.07 Å². The highest BCUT2D eigenvalue weighted by atomic mass is 28.3. The molecule has 0 atom stereocenters. The Labute approximate surface area is 304 Å². The number of aromatic nitrogens is 3. The summed E-state index contributed by atoms with van der Waals surface area (Å²) in [6, 6.07) is 63.2. The van der Waals surface area contributed by atoms with Gasteiger partial charge < -0.3 is 4.57 Å². The molecule has 0 N–H and O–H groups in total. The van der Waals surface area contributed by atoms with Gasteiger partial charge in [0, 0.05) is 38.5 Å². The quantitative estimate of drug-likeness (QED) is 0.169. The molecule has 0 amide bonds. The summed E-state index contributed by atoms with van der Waals surface area (Å²) in [5.74, 6) is 0.780. The molecule has 0 spiro atoms. The van der Waals surface area contributed by atoms with E-state index in [0.717, 1.165) is 39.5 Å². The number of rotatable bonds is 5. The van der Waals surface area contributed by atoms with Gasteiger partial charge in [-0.2, -0.15) is 0 Å². The Balaban J connectivity index is 1.11. The van der Waals surface area contributed by atoms with E-state index in [9.17, 15) is 0 Å². The Morgan fingerprint density at radius 3 is 1.85 bits per heavy atom. The maximum atomic E-state index is 5.42. The van der Waals surface area contributed by atoms with Gasteiger partial charge in [-0.05, 0) is 69.4 Å². The zero-order chi connectivity index (χ0) is 34.8.